The molecule has 1 aliphatic heterocycles. The van der Waals surface area contributed by atoms with Gasteiger partial charge in [-0.3, -0.25) is 4.90 Å². The second kappa shape index (κ2) is 6.79. The third kappa shape index (κ3) is 3.84. The van der Waals surface area contributed by atoms with E-state index < -0.39 is 12.4 Å². The van der Waals surface area contributed by atoms with Gasteiger partial charge < -0.3 is 10.0 Å². The summed E-state index contributed by atoms with van der Waals surface area (Å²) in [7, 11) is 0. The Kier molecular flexibility index (Phi) is 5.68. The Labute approximate surface area is 102 Å². The van der Waals surface area contributed by atoms with Gasteiger partial charge in [-0.1, -0.05) is 20.3 Å². The third-order valence-electron chi connectivity index (χ3n) is 3.45. The van der Waals surface area contributed by atoms with Crippen molar-refractivity contribution in [2.24, 2.45) is 0 Å². The van der Waals surface area contributed by atoms with Gasteiger partial charge in [0.05, 0.1) is 0 Å². The summed E-state index contributed by atoms with van der Waals surface area (Å²) in [6, 6.07) is -0.156. The first kappa shape index (κ1) is 14.2. The largest absolute Gasteiger partial charge is 0.465 e. The molecule has 0 spiro atoms. The fourth-order valence-corrected chi connectivity index (χ4v) is 2.40. The molecule has 5 heteroatoms. The molecule has 1 heterocycles. The maximum Gasteiger partial charge on any atom is 0.409 e. The Hall–Kier alpha value is -0.840. The Morgan fingerprint density at radius 3 is 2.47 bits per heavy atom. The molecule has 1 saturated heterocycles. The summed E-state index contributed by atoms with van der Waals surface area (Å²) < 4.78 is 13.8. The van der Waals surface area contributed by atoms with E-state index in [2.05, 4.69) is 11.8 Å². The summed E-state index contributed by atoms with van der Waals surface area (Å²) in [5.74, 6) is 0. The van der Waals surface area contributed by atoms with Gasteiger partial charge in [-0.2, -0.15) is 0 Å². The van der Waals surface area contributed by atoms with Gasteiger partial charge in [-0.15, -0.1) is 0 Å². The van der Waals surface area contributed by atoms with E-state index in [1.54, 1.807) is 0 Å². The molecule has 1 unspecified atom stereocenters. The number of nitrogens with zero attached hydrogens (tertiary/aromatic N) is 2. The highest BCUT2D eigenvalue weighted by Crippen LogP contribution is 2.21. The lowest BCUT2D eigenvalue weighted by atomic mass is 10.0. The Morgan fingerprint density at radius 1 is 1.47 bits per heavy atom. The van der Waals surface area contributed by atoms with Crippen LogP contribution < -0.4 is 0 Å². The van der Waals surface area contributed by atoms with Crippen molar-refractivity contribution < 1.29 is 14.3 Å². The summed E-state index contributed by atoms with van der Waals surface area (Å²) in [4.78, 5) is 14.4. The normalized spacial score (nSPS) is 20.2. The van der Waals surface area contributed by atoms with Crippen molar-refractivity contribution >= 4 is 6.09 Å². The average molecular weight is 246 g/mol. The molecule has 0 aromatic rings. The molecule has 1 atom stereocenters. The van der Waals surface area contributed by atoms with Crippen LogP contribution >= 0.6 is 0 Å². The van der Waals surface area contributed by atoms with E-state index in [1.807, 2.05) is 6.92 Å². The smallest absolute Gasteiger partial charge is 0.409 e. The highest BCUT2D eigenvalue weighted by atomic mass is 19.1. The minimum absolute atomic E-state index is 0.156. The Bertz CT molecular complexity index is 243. The number of piperidine rings is 1. The van der Waals surface area contributed by atoms with Crippen molar-refractivity contribution in [1.82, 2.24) is 9.80 Å². The van der Waals surface area contributed by atoms with Gasteiger partial charge in [0.15, 0.2) is 6.30 Å². The molecule has 0 saturated carbocycles. The van der Waals surface area contributed by atoms with Crippen LogP contribution in [0.3, 0.4) is 0 Å². The molecule has 1 fully saturated rings. The monoisotopic (exact) mass is 246 g/mol. The molecule has 0 radical (unpaired) electrons. The number of carbonyl (C=O) groups is 1. The number of hydrogen-bond acceptors (Lipinski definition) is 2. The fourth-order valence-electron chi connectivity index (χ4n) is 2.40. The molecule has 1 N–H and O–H groups in total. The highest BCUT2D eigenvalue weighted by molar-refractivity contribution is 5.65. The molecule has 0 aromatic carbocycles. The Balaban J connectivity index is 2.57. The predicted octanol–water partition coefficient (Wildman–Crippen LogP) is 2.55. The second-order valence-corrected chi connectivity index (χ2v) is 4.58. The topological polar surface area (TPSA) is 43.8 Å². The number of halogens is 1. The zero-order valence-corrected chi connectivity index (χ0v) is 10.7. The minimum atomic E-state index is -1.35. The first-order valence-electron chi connectivity index (χ1n) is 6.47. The van der Waals surface area contributed by atoms with E-state index in [1.165, 1.54) is 0 Å². The zero-order chi connectivity index (χ0) is 12.8. The van der Waals surface area contributed by atoms with Crippen LogP contribution in [0.2, 0.25) is 0 Å². The summed E-state index contributed by atoms with van der Waals surface area (Å²) >= 11 is 0. The van der Waals surface area contributed by atoms with E-state index in [0.717, 1.165) is 37.4 Å². The van der Waals surface area contributed by atoms with Crippen LogP contribution in [0.1, 0.15) is 39.5 Å². The van der Waals surface area contributed by atoms with Gasteiger partial charge >= 0.3 is 6.09 Å². The molecule has 0 aromatic heterocycles. The average Bonchev–Trinajstić information content (AvgIpc) is 2.30. The summed E-state index contributed by atoms with van der Waals surface area (Å²) in [5, 5.41) is 9.12. The van der Waals surface area contributed by atoms with Gasteiger partial charge in [-0.05, 0) is 25.8 Å². The molecule has 0 aliphatic carbocycles. The van der Waals surface area contributed by atoms with Crippen LogP contribution in [0.25, 0.3) is 0 Å². The lowest BCUT2D eigenvalue weighted by molar-refractivity contribution is 0.0168. The molecule has 0 bridgehead atoms. The second-order valence-electron chi connectivity index (χ2n) is 4.58. The maximum atomic E-state index is 13.8. The molecule has 1 rings (SSSR count). The maximum absolute atomic E-state index is 13.8. The standard InChI is InChI=1S/C12H23FN2O2/c1-3-5-11(13)15(12(16)17)10-6-8-14(4-2)9-7-10/h10-11H,3-9H2,1-2H3,(H,16,17). The van der Waals surface area contributed by atoms with E-state index in [0.29, 0.717) is 12.8 Å². The summed E-state index contributed by atoms with van der Waals surface area (Å²) in [6.45, 7) is 6.66. The molecule has 1 amide bonds. The summed E-state index contributed by atoms with van der Waals surface area (Å²) in [6.07, 6.45) is -0.0373. The molecule has 17 heavy (non-hydrogen) atoms. The van der Waals surface area contributed by atoms with Crippen LogP contribution in [0.4, 0.5) is 9.18 Å². The first-order valence-corrected chi connectivity index (χ1v) is 6.47. The van der Waals surface area contributed by atoms with Crippen LogP contribution in [0, 0.1) is 0 Å². The molecule has 100 valence electrons. The van der Waals surface area contributed by atoms with Gasteiger partial charge in [-0.25, -0.2) is 9.18 Å². The minimum Gasteiger partial charge on any atom is -0.465 e. The van der Waals surface area contributed by atoms with Crippen molar-refractivity contribution in [3.63, 3.8) is 0 Å². The SMILES string of the molecule is CCCC(F)N(C(=O)O)C1CCN(CC)CC1. The fraction of sp³-hybridized carbons (Fsp3) is 0.917. The Morgan fingerprint density at radius 2 is 2.06 bits per heavy atom. The lowest BCUT2D eigenvalue weighted by Gasteiger charge is -2.38. The molecule has 1 aliphatic rings. The van der Waals surface area contributed by atoms with Crippen molar-refractivity contribution in [3.8, 4) is 0 Å². The van der Waals surface area contributed by atoms with Crippen LogP contribution in [0.5, 0.6) is 0 Å². The third-order valence-corrected chi connectivity index (χ3v) is 3.45. The van der Waals surface area contributed by atoms with Crippen LogP contribution in [-0.2, 0) is 0 Å². The van der Waals surface area contributed by atoms with Gasteiger partial charge in [0.25, 0.3) is 0 Å². The first-order chi connectivity index (χ1) is 8.10. The van der Waals surface area contributed by atoms with E-state index >= 15 is 0 Å². The molecular weight excluding hydrogens is 223 g/mol. The number of hydrogen-bond donors (Lipinski definition) is 1. The van der Waals surface area contributed by atoms with E-state index in [9.17, 15) is 9.18 Å². The summed E-state index contributed by atoms with van der Waals surface area (Å²) in [5.41, 5.74) is 0. The lowest BCUT2D eigenvalue weighted by Crippen LogP contribution is -2.50. The van der Waals surface area contributed by atoms with Gasteiger partial charge in [0, 0.05) is 19.1 Å². The van der Waals surface area contributed by atoms with E-state index in [-0.39, 0.29) is 6.04 Å². The number of likely N-dealkylation sites (tertiary alicyclic amines) is 1. The van der Waals surface area contributed by atoms with Crippen molar-refractivity contribution in [2.45, 2.75) is 51.9 Å². The van der Waals surface area contributed by atoms with Crippen molar-refractivity contribution in [3.05, 3.63) is 0 Å². The van der Waals surface area contributed by atoms with Crippen molar-refractivity contribution in [2.75, 3.05) is 19.6 Å². The number of carboxylic acid groups (broad SMARTS) is 1. The molecular formula is C12H23FN2O2. The number of rotatable bonds is 5. The number of alkyl halides is 1. The number of amides is 1. The zero-order valence-electron chi connectivity index (χ0n) is 10.7. The highest BCUT2D eigenvalue weighted by Gasteiger charge is 2.32. The van der Waals surface area contributed by atoms with Crippen molar-refractivity contribution in [1.29, 1.82) is 0 Å². The van der Waals surface area contributed by atoms with Crippen LogP contribution in [-0.4, -0.2) is 53.0 Å². The molecule has 4 nitrogen and oxygen atoms in total. The van der Waals surface area contributed by atoms with E-state index in [4.69, 9.17) is 5.11 Å². The quantitative estimate of drug-likeness (QED) is 0.758. The van der Waals surface area contributed by atoms with Gasteiger partial charge in [0.2, 0.25) is 0 Å². The van der Waals surface area contributed by atoms with Crippen LogP contribution in [0.15, 0.2) is 0 Å². The van der Waals surface area contributed by atoms with Gasteiger partial charge in [0.1, 0.15) is 0 Å². The predicted molar refractivity (Wildman–Crippen MR) is 64.8 cm³/mol.